The molecule has 0 fully saturated rings. The van der Waals surface area contributed by atoms with E-state index in [4.69, 9.17) is 14.2 Å². The molecule has 0 aromatic rings. The Balaban J connectivity index is 4.31. The Bertz CT molecular complexity index is 1020. The maximum atomic E-state index is 12.7. The lowest BCUT2D eigenvalue weighted by Gasteiger charge is -2.31. The monoisotopic (exact) mass is 791 g/mol. The topological polar surface area (TPSA) is 99.1 Å². The second kappa shape index (κ2) is 39.4. The molecule has 2 atom stereocenters. The molecule has 0 aromatic heterocycles. The van der Waals surface area contributed by atoms with Gasteiger partial charge in [-0.3, -0.25) is 9.59 Å². The Morgan fingerprint density at radius 3 is 1.48 bits per heavy atom. The Morgan fingerprint density at radius 2 is 1.00 bits per heavy atom. The number of esters is 2. The van der Waals surface area contributed by atoms with Gasteiger partial charge in [0.2, 0.25) is 0 Å². The van der Waals surface area contributed by atoms with E-state index in [1.54, 1.807) is 0 Å². The van der Waals surface area contributed by atoms with Crippen molar-refractivity contribution in [1.82, 2.24) is 0 Å². The second-order valence-electron chi connectivity index (χ2n) is 16.6. The average molecular weight is 791 g/mol. The van der Waals surface area contributed by atoms with E-state index >= 15 is 0 Å². The molecule has 56 heavy (non-hydrogen) atoms. The molecule has 1 N–H and O–H groups in total. The van der Waals surface area contributed by atoms with Crippen LogP contribution >= 0.6 is 0 Å². The van der Waals surface area contributed by atoms with Crippen LogP contribution in [-0.2, 0) is 28.6 Å². The quantitative estimate of drug-likeness (QED) is 0.0285. The molecule has 0 spiro atoms. The van der Waals surface area contributed by atoms with E-state index in [0.717, 1.165) is 77.0 Å². The summed E-state index contributed by atoms with van der Waals surface area (Å²) >= 11 is 0. The van der Waals surface area contributed by atoms with Gasteiger partial charge in [0, 0.05) is 19.3 Å². The van der Waals surface area contributed by atoms with Crippen molar-refractivity contribution < 1.29 is 38.2 Å². The number of nitrogens with zero attached hydrogens (tertiary/aromatic N) is 1. The first-order valence-corrected chi connectivity index (χ1v) is 23.0. The normalized spacial score (nSPS) is 13.2. The fraction of sp³-hybridized carbons (Fsp3) is 0.812. The molecule has 0 heterocycles. The number of carboxylic acid groups (broad SMARTS) is 1. The third kappa shape index (κ3) is 37.1. The molecule has 0 aliphatic rings. The summed E-state index contributed by atoms with van der Waals surface area (Å²) in [4.78, 5) is 37.0. The Labute approximate surface area is 344 Å². The summed E-state index contributed by atoms with van der Waals surface area (Å²) in [6.45, 7) is 4.62. The number of ether oxygens (including phenoxy) is 3. The van der Waals surface area contributed by atoms with E-state index in [1.807, 2.05) is 21.1 Å². The summed E-state index contributed by atoms with van der Waals surface area (Å²) in [7, 11) is 5.52. The molecule has 0 saturated carbocycles. The van der Waals surface area contributed by atoms with Crippen LogP contribution in [0.15, 0.2) is 36.5 Å². The molecule has 326 valence electrons. The smallest absolute Gasteiger partial charge is 0.362 e. The van der Waals surface area contributed by atoms with Crippen LogP contribution in [0.5, 0.6) is 0 Å². The van der Waals surface area contributed by atoms with Crippen molar-refractivity contribution in [2.24, 2.45) is 0 Å². The molecule has 8 nitrogen and oxygen atoms in total. The van der Waals surface area contributed by atoms with Gasteiger partial charge in [-0.15, -0.1) is 0 Å². The minimum absolute atomic E-state index is 0.0551. The number of allylic oxidation sites excluding steroid dienone is 6. The van der Waals surface area contributed by atoms with Gasteiger partial charge < -0.3 is 23.8 Å². The van der Waals surface area contributed by atoms with E-state index in [1.165, 1.54) is 89.9 Å². The number of carbonyl (C=O) groups excluding carboxylic acids is 2. The summed E-state index contributed by atoms with van der Waals surface area (Å²) in [5.41, 5.74) is 0. The fourth-order valence-corrected chi connectivity index (χ4v) is 6.75. The average Bonchev–Trinajstić information content (AvgIpc) is 3.15. The number of carbonyl (C=O) groups is 3. The van der Waals surface area contributed by atoms with E-state index in [-0.39, 0.29) is 36.2 Å². The van der Waals surface area contributed by atoms with Gasteiger partial charge in [-0.25, -0.2) is 4.79 Å². The number of rotatable bonds is 41. The first kappa shape index (κ1) is 53.6. The third-order valence-electron chi connectivity index (χ3n) is 10.3. The van der Waals surface area contributed by atoms with Gasteiger partial charge in [0.05, 0.1) is 34.4 Å². The van der Waals surface area contributed by atoms with E-state index in [9.17, 15) is 19.5 Å². The van der Waals surface area contributed by atoms with E-state index in [2.05, 4.69) is 50.3 Å². The van der Waals surface area contributed by atoms with Crippen molar-refractivity contribution in [1.29, 1.82) is 0 Å². The van der Waals surface area contributed by atoms with Gasteiger partial charge in [-0.1, -0.05) is 172 Å². The van der Waals surface area contributed by atoms with Gasteiger partial charge in [0.25, 0.3) is 0 Å². The lowest BCUT2D eigenvalue weighted by Crippen LogP contribution is -2.50. The van der Waals surface area contributed by atoms with Crippen molar-refractivity contribution in [3.63, 3.8) is 0 Å². The summed E-state index contributed by atoms with van der Waals surface area (Å²) < 4.78 is 17.3. The number of unbranched alkanes of at least 4 members (excludes halogenated alkanes) is 21. The zero-order valence-electron chi connectivity index (χ0n) is 37.1. The van der Waals surface area contributed by atoms with Crippen molar-refractivity contribution in [2.75, 3.05) is 41.0 Å². The van der Waals surface area contributed by atoms with Crippen LogP contribution in [-0.4, -0.2) is 80.6 Å². The molecular weight excluding hydrogens is 703 g/mol. The van der Waals surface area contributed by atoms with Gasteiger partial charge in [-0.2, -0.15) is 0 Å². The number of likely N-dealkylation sites (N-methyl/N-ethyl adjacent to an activating group) is 1. The largest absolute Gasteiger partial charge is 0.477 e. The molecule has 0 aromatic carbocycles. The summed E-state index contributed by atoms with van der Waals surface area (Å²) in [5.74, 6) is -1.48. The summed E-state index contributed by atoms with van der Waals surface area (Å²) in [6, 6.07) is -0.616. The standard InChI is InChI=1S/C48H87NO7/c1-6-8-10-12-14-16-18-20-22-23-25-26-28-30-32-34-36-38-46(50)55-43-44(42-54-41-40-45(48(52)53)49(3,4)5)56-47(51)39-37-35-33-31-29-27-24-21-19-17-15-13-11-9-7-2/h9,11,15,17,21,24,44-45H,6-8,10,12-14,16,18-20,22-23,25-43H2,1-5H3/p+1/b11-9-,17-15-,24-21-. The maximum absolute atomic E-state index is 12.7. The highest BCUT2D eigenvalue weighted by Gasteiger charge is 2.31. The Kier molecular flexibility index (Phi) is 37.7. The third-order valence-corrected chi connectivity index (χ3v) is 10.3. The molecule has 0 aliphatic heterocycles. The minimum atomic E-state index is -0.877. The first-order valence-electron chi connectivity index (χ1n) is 23.0. The van der Waals surface area contributed by atoms with E-state index in [0.29, 0.717) is 19.3 Å². The Hall–Kier alpha value is -2.45. The fourth-order valence-electron chi connectivity index (χ4n) is 6.75. The molecule has 8 heteroatoms. The number of carboxylic acids is 1. The van der Waals surface area contributed by atoms with Crippen LogP contribution in [0.25, 0.3) is 0 Å². The molecule has 0 bridgehead atoms. The highest BCUT2D eigenvalue weighted by Crippen LogP contribution is 2.15. The SMILES string of the molecule is CC/C=C\C/C=C\C/C=C\CCCCCCCC(=O)OC(COCCC(C(=O)O)[N+](C)(C)C)COC(=O)CCCCCCCCCCCCCCCCCCC. The number of hydrogen-bond donors (Lipinski definition) is 1. The maximum Gasteiger partial charge on any atom is 0.362 e. The Morgan fingerprint density at radius 1 is 0.554 bits per heavy atom. The van der Waals surface area contributed by atoms with E-state index < -0.39 is 18.1 Å². The van der Waals surface area contributed by atoms with Crippen molar-refractivity contribution >= 4 is 17.9 Å². The zero-order chi connectivity index (χ0) is 41.4. The number of hydrogen-bond acceptors (Lipinski definition) is 6. The van der Waals surface area contributed by atoms with Gasteiger partial charge in [0.15, 0.2) is 12.1 Å². The second-order valence-corrected chi connectivity index (χ2v) is 16.6. The van der Waals surface area contributed by atoms with Crippen LogP contribution in [0.3, 0.4) is 0 Å². The van der Waals surface area contributed by atoms with Crippen molar-refractivity contribution in [3.8, 4) is 0 Å². The molecule has 0 radical (unpaired) electrons. The predicted molar refractivity (Wildman–Crippen MR) is 234 cm³/mol. The molecular formula is C48H88NO7+. The first-order chi connectivity index (χ1) is 27.1. The van der Waals surface area contributed by atoms with Gasteiger partial charge in [0.1, 0.15) is 6.61 Å². The van der Waals surface area contributed by atoms with Crippen LogP contribution in [0, 0.1) is 0 Å². The predicted octanol–water partition coefficient (Wildman–Crippen LogP) is 12.6. The summed E-state index contributed by atoms with van der Waals surface area (Å²) in [5, 5.41) is 9.62. The van der Waals surface area contributed by atoms with Crippen LogP contribution in [0.4, 0.5) is 0 Å². The van der Waals surface area contributed by atoms with Crippen molar-refractivity contribution in [2.45, 2.75) is 212 Å². The highest BCUT2D eigenvalue weighted by atomic mass is 16.6. The van der Waals surface area contributed by atoms with Crippen LogP contribution < -0.4 is 0 Å². The van der Waals surface area contributed by atoms with Crippen molar-refractivity contribution in [3.05, 3.63) is 36.5 Å². The lowest BCUT2D eigenvalue weighted by molar-refractivity contribution is -0.887. The molecule has 0 saturated heterocycles. The molecule has 2 unspecified atom stereocenters. The summed E-state index contributed by atoms with van der Waals surface area (Å²) in [6.07, 6.45) is 44.7. The van der Waals surface area contributed by atoms with Gasteiger partial charge in [-0.05, 0) is 44.9 Å². The molecule has 0 aliphatic carbocycles. The van der Waals surface area contributed by atoms with Gasteiger partial charge >= 0.3 is 17.9 Å². The minimum Gasteiger partial charge on any atom is -0.477 e. The number of quaternary nitrogens is 1. The highest BCUT2D eigenvalue weighted by molar-refractivity contribution is 5.72. The van der Waals surface area contributed by atoms with Crippen LogP contribution in [0.1, 0.15) is 200 Å². The zero-order valence-corrected chi connectivity index (χ0v) is 37.1. The molecule has 0 amide bonds. The van der Waals surface area contributed by atoms with Crippen LogP contribution in [0.2, 0.25) is 0 Å². The number of aliphatic carboxylic acids is 1. The molecule has 0 rings (SSSR count). The lowest BCUT2D eigenvalue weighted by atomic mass is 10.0.